The summed E-state index contributed by atoms with van der Waals surface area (Å²) in [5, 5.41) is 16.4. The molecule has 3 aromatic rings. The molecule has 1 saturated heterocycles. The van der Waals surface area contributed by atoms with Crippen LogP contribution in [0.1, 0.15) is 29.2 Å². The van der Waals surface area contributed by atoms with Crippen LogP contribution in [-0.2, 0) is 25.5 Å². The number of carbonyl (C=O) groups excluding carboxylic acids is 2. The fraction of sp³-hybridized carbons (Fsp3) is 0.280. The number of carbonyl (C=O) groups is 3. The molecule has 2 atom stereocenters. The lowest BCUT2D eigenvalue weighted by Crippen LogP contribution is -2.44. The third-order valence-corrected chi connectivity index (χ3v) is 6.93. The molecule has 5 rings (SSSR count). The number of aromatic nitrogens is 1. The number of carboxylic acid groups (broad SMARTS) is 1. The number of ether oxygens (including phenoxy) is 2. The topological polar surface area (TPSA) is 127 Å². The molecule has 0 saturated carbocycles. The fourth-order valence-electron chi connectivity index (χ4n) is 4.57. The first-order chi connectivity index (χ1) is 17.0. The molecule has 2 aliphatic rings. The van der Waals surface area contributed by atoms with Crippen molar-refractivity contribution in [2.75, 3.05) is 18.5 Å². The first kappa shape index (κ1) is 23.0. The van der Waals surface area contributed by atoms with Crippen molar-refractivity contribution in [2.24, 2.45) is 0 Å². The van der Waals surface area contributed by atoms with Crippen molar-refractivity contribution >= 4 is 34.4 Å². The van der Waals surface area contributed by atoms with Crippen LogP contribution in [0.3, 0.4) is 0 Å². The Labute approximate surface area is 205 Å². The van der Waals surface area contributed by atoms with Crippen LogP contribution < -0.4 is 10.6 Å². The van der Waals surface area contributed by atoms with Crippen molar-refractivity contribution in [3.8, 4) is 11.1 Å². The summed E-state index contributed by atoms with van der Waals surface area (Å²) in [4.78, 5) is 40.2. The van der Waals surface area contributed by atoms with Crippen LogP contribution in [0.4, 0.5) is 9.93 Å². The van der Waals surface area contributed by atoms with Crippen molar-refractivity contribution in [2.45, 2.75) is 30.9 Å². The van der Waals surface area contributed by atoms with Gasteiger partial charge in [-0.05, 0) is 28.7 Å². The maximum Gasteiger partial charge on any atom is 0.413 e. The second kappa shape index (κ2) is 9.85. The van der Waals surface area contributed by atoms with Gasteiger partial charge in [-0.15, -0.1) is 11.3 Å². The number of fused-ring (bicyclic) bond motifs is 3. The van der Waals surface area contributed by atoms with Gasteiger partial charge in [0.1, 0.15) is 6.61 Å². The summed E-state index contributed by atoms with van der Waals surface area (Å²) in [5.74, 6) is -1.50. The first-order valence-corrected chi connectivity index (χ1v) is 12.1. The Morgan fingerprint density at radius 2 is 1.77 bits per heavy atom. The highest BCUT2D eigenvalue weighted by Gasteiger charge is 2.35. The van der Waals surface area contributed by atoms with Crippen LogP contribution in [0.25, 0.3) is 11.1 Å². The van der Waals surface area contributed by atoms with Crippen molar-refractivity contribution in [1.29, 1.82) is 0 Å². The second-order valence-electron chi connectivity index (χ2n) is 8.36. The summed E-state index contributed by atoms with van der Waals surface area (Å²) in [5.41, 5.74) is 5.02. The molecular formula is C25H23N3O6S. The molecule has 180 valence electrons. The van der Waals surface area contributed by atoms with Gasteiger partial charge in [0.05, 0.1) is 18.2 Å². The SMILES string of the molecule is O=C(Cc1csc(NC(=O)OCC2c3ccccc3-c3ccccc32)n1)N[C@@H]1CCO[C@@H]1C(=O)O. The van der Waals surface area contributed by atoms with E-state index in [2.05, 4.69) is 39.9 Å². The van der Waals surface area contributed by atoms with Gasteiger partial charge < -0.3 is 19.9 Å². The third kappa shape index (κ3) is 4.89. The summed E-state index contributed by atoms with van der Waals surface area (Å²) >= 11 is 1.18. The second-order valence-corrected chi connectivity index (χ2v) is 9.22. The molecule has 2 aromatic carbocycles. The number of thiazole rings is 1. The van der Waals surface area contributed by atoms with E-state index in [1.54, 1.807) is 5.38 Å². The number of carboxylic acids is 1. The number of nitrogens with zero attached hydrogens (tertiary/aromatic N) is 1. The van der Waals surface area contributed by atoms with E-state index in [0.717, 1.165) is 22.3 Å². The Morgan fingerprint density at radius 1 is 1.09 bits per heavy atom. The lowest BCUT2D eigenvalue weighted by atomic mass is 9.98. The van der Waals surface area contributed by atoms with Gasteiger partial charge in [-0.2, -0.15) is 0 Å². The standard InChI is InChI=1S/C25H23N3O6S/c29-21(27-20-9-10-33-22(20)23(30)31)11-14-13-35-24(26-14)28-25(32)34-12-19-17-7-3-1-5-15(17)16-6-2-4-8-18(16)19/h1-8,13,19-20,22H,9-12H2,(H,27,29)(H,30,31)(H,26,28,32)/t20-,22+/m1/s1. The minimum Gasteiger partial charge on any atom is -0.479 e. The van der Waals surface area contributed by atoms with E-state index in [4.69, 9.17) is 14.6 Å². The van der Waals surface area contributed by atoms with Crippen LogP contribution in [0, 0.1) is 0 Å². The predicted molar refractivity (Wildman–Crippen MR) is 128 cm³/mol. The molecule has 1 fully saturated rings. The molecule has 0 unspecified atom stereocenters. The lowest BCUT2D eigenvalue weighted by molar-refractivity contribution is -0.148. The normalized spacial score (nSPS) is 18.5. The number of aliphatic carboxylic acids is 1. The molecule has 0 spiro atoms. The van der Waals surface area contributed by atoms with E-state index in [1.165, 1.54) is 11.3 Å². The number of rotatable bonds is 7. The molecule has 1 aromatic heterocycles. The zero-order valence-electron chi connectivity index (χ0n) is 18.6. The summed E-state index contributed by atoms with van der Waals surface area (Å²) in [6, 6.07) is 15.6. The van der Waals surface area contributed by atoms with E-state index in [0.29, 0.717) is 17.2 Å². The fourth-order valence-corrected chi connectivity index (χ4v) is 5.27. The van der Waals surface area contributed by atoms with Crippen LogP contribution in [-0.4, -0.2) is 53.4 Å². The van der Waals surface area contributed by atoms with Gasteiger partial charge >= 0.3 is 12.1 Å². The maximum absolute atomic E-state index is 12.4. The van der Waals surface area contributed by atoms with Crippen molar-refractivity contribution < 1.29 is 29.0 Å². The van der Waals surface area contributed by atoms with Gasteiger partial charge in [-0.1, -0.05) is 48.5 Å². The van der Waals surface area contributed by atoms with Gasteiger partial charge in [0.15, 0.2) is 11.2 Å². The van der Waals surface area contributed by atoms with Gasteiger partial charge in [-0.3, -0.25) is 10.1 Å². The van der Waals surface area contributed by atoms with E-state index in [-0.39, 0.29) is 31.5 Å². The molecule has 0 bridgehead atoms. The first-order valence-electron chi connectivity index (χ1n) is 11.2. The van der Waals surface area contributed by atoms with E-state index < -0.39 is 24.2 Å². The quantitative estimate of drug-likeness (QED) is 0.460. The zero-order chi connectivity index (χ0) is 24.4. The third-order valence-electron chi connectivity index (χ3n) is 6.13. The highest BCUT2D eigenvalue weighted by Crippen LogP contribution is 2.44. The van der Waals surface area contributed by atoms with E-state index in [1.807, 2.05) is 24.3 Å². The molecule has 9 nitrogen and oxygen atoms in total. The molecule has 2 amide bonds. The van der Waals surface area contributed by atoms with Crippen molar-refractivity contribution in [3.63, 3.8) is 0 Å². The average molecular weight is 494 g/mol. The van der Waals surface area contributed by atoms with Crippen molar-refractivity contribution in [3.05, 3.63) is 70.7 Å². The Kier molecular flexibility index (Phi) is 6.47. The van der Waals surface area contributed by atoms with Crippen LogP contribution in [0.5, 0.6) is 0 Å². The minimum absolute atomic E-state index is 0.0360. The largest absolute Gasteiger partial charge is 0.479 e. The predicted octanol–water partition coefficient (Wildman–Crippen LogP) is 3.40. The zero-order valence-corrected chi connectivity index (χ0v) is 19.4. The highest BCUT2D eigenvalue weighted by atomic mass is 32.1. The molecule has 3 N–H and O–H groups in total. The van der Waals surface area contributed by atoms with E-state index >= 15 is 0 Å². The number of amides is 2. The van der Waals surface area contributed by atoms with Gasteiger partial charge in [0, 0.05) is 17.9 Å². The summed E-state index contributed by atoms with van der Waals surface area (Å²) in [6.45, 7) is 0.474. The molecular weight excluding hydrogens is 470 g/mol. The van der Waals surface area contributed by atoms with Crippen LogP contribution in [0.2, 0.25) is 0 Å². The number of nitrogens with one attached hydrogen (secondary N) is 2. The average Bonchev–Trinajstić information content (AvgIpc) is 3.56. The van der Waals surface area contributed by atoms with E-state index in [9.17, 15) is 14.4 Å². The Bertz CT molecular complexity index is 1230. The summed E-state index contributed by atoms with van der Waals surface area (Å²) in [7, 11) is 0. The Hall–Kier alpha value is -3.76. The molecule has 35 heavy (non-hydrogen) atoms. The summed E-state index contributed by atoms with van der Waals surface area (Å²) in [6.07, 6.45) is -1.26. The maximum atomic E-state index is 12.4. The Balaban J connectivity index is 1.15. The Morgan fingerprint density at radius 3 is 2.46 bits per heavy atom. The highest BCUT2D eigenvalue weighted by molar-refractivity contribution is 7.13. The number of benzene rings is 2. The van der Waals surface area contributed by atoms with Crippen LogP contribution >= 0.6 is 11.3 Å². The monoisotopic (exact) mass is 493 g/mol. The van der Waals surface area contributed by atoms with Crippen LogP contribution in [0.15, 0.2) is 53.9 Å². The van der Waals surface area contributed by atoms with Crippen molar-refractivity contribution in [1.82, 2.24) is 10.3 Å². The number of hydrogen-bond donors (Lipinski definition) is 3. The van der Waals surface area contributed by atoms with Gasteiger partial charge in [-0.25, -0.2) is 14.6 Å². The molecule has 0 radical (unpaired) electrons. The molecule has 2 heterocycles. The number of hydrogen-bond acceptors (Lipinski definition) is 7. The smallest absolute Gasteiger partial charge is 0.413 e. The molecule has 10 heteroatoms. The summed E-state index contributed by atoms with van der Waals surface area (Å²) < 4.78 is 10.7. The number of anilines is 1. The lowest BCUT2D eigenvalue weighted by Gasteiger charge is -2.15. The minimum atomic E-state index is -1.10. The van der Waals surface area contributed by atoms with Gasteiger partial charge in [0.25, 0.3) is 0 Å². The molecule has 1 aliphatic carbocycles. The molecule has 1 aliphatic heterocycles. The van der Waals surface area contributed by atoms with Gasteiger partial charge in [0.2, 0.25) is 5.91 Å².